The number of benzene rings is 1. The minimum atomic E-state index is -0.922. The minimum Gasteiger partial charge on any atom is -0.478 e. The Morgan fingerprint density at radius 1 is 1.06 bits per heavy atom. The third-order valence-electron chi connectivity index (χ3n) is 6.81. The number of nitrogens with zero attached hydrogens (tertiary/aromatic N) is 4. The van der Waals surface area contributed by atoms with Crippen LogP contribution in [0.15, 0.2) is 24.3 Å². The number of aromatic nitrogens is 1. The molecule has 1 saturated carbocycles. The summed E-state index contributed by atoms with van der Waals surface area (Å²) in [5, 5.41) is 9.99. The summed E-state index contributed by atoms with van der Waals surface area (Å²) in [5.41, 5.74) is 2.33. The second-order valence-electron chi connectivity index (χ2n) is 8.73. The van der Waals surface area contributed by atoms with Gasteiger partial charge in [0.2, 0.25) is 5.91 Å². The summed E-state index contributed by atoms with van der Waals surface area (Å²) in [6, 6.07) is 7.64. The molecule has 1 aliphatic carbocycles. The molecule has 3 heterocycles. The highest BCUT2D eigenvalue weighted by Gasteiger charge is 2.30. The topological polar surface area (TPSA) is 77.0 Å². The molecular weight excluding hydrogens is 412 g/mol. The Labute approximate surface area is 186 Å². The average Bonchev–Trinajstić information content (AvgIpc) is 3.16. The molecule has 0 radical (unpaired) electrons. The monoisotopic (exact) mass is 440 g/mol. The fourth-order valence-electron chi connectivity index (χ4n) is 4.64. The molecule has 8 heteroatoms. The van der Waals surface area contributed by atoms with Crippen LogP contribution < -0.4 is 0 Å². The van der Waals surface area contributed by atoms with Crippen molar-refractivity contribution in [3.05, 3.63) is 40.4 Å². The SMILES string of the molecule is O=C(O)c1ccc(-c2nc3c(s2)CN(CC(=O)N2CCN(C4CCC4)CC2)CC3)cc1. The van der Waals surface area contributed by atoms with E-state index in [1.165, 1.54) is 24.1 Å². The number of hydrogen-bond acceptors (Lipinski definition) is 6. The molecule has 1 N–H and O–H groups in total. The minimum absolute atomic E-state index is 0.241. The zero-order valence-corrected chi connectivity index (χ0v) is 18.4. The zero-order valence-electron chi connectivity index (χ0n) is 17.6. The lowest BCUT2D eigenvalue weighted by Crippen LogP contribution is -2.55. The van der Waals surface area contributed by atoms with Crippen LogP contribution in [0.1, 0.15) is 40.2 Å². The van der Waals surface area contributed by atoms with E-state index < -0.39 is 5.97 Å². The van der Waals surface area contributed by atoms with Crippen molar-refractivity contribution in [3.63, 3.8) is 0 Å². The maximum Gasteiger partial charge on any atom is 0.335 e. The number of amides is 1. The largest absolute Gasteiger partial charge is 0.478 e. The van der Waals surface area contributed by atoms with Crippen LogP contribution in [0.5, 0.6) is 0 Å². The van der Waals surface area contributed by atoms with Gasteiger partial charge in [0.05, 0.1) is 17.8 Å². The number of hydrogen-bond donors (Lipinski definition) is 1. The Morgan fingerprint density at radius 2 is 1.81 bits per heavy atom. The Morgan fingerprint density at radius 3 is 2.45 bits per heavy atom. The molecule has 164 valence electrons. The highest BCUT2D eigenvalue weighted by atomic mass is 32.1. The van der Waals surface area contributed by atoms with Crippen LogP contribution in [0.25, 0.3) is 10.6 Å². The van der Waals surface area contributed by atoms with Gasteiger partial charge in [-0.15, -0.1) is 11.3 Å². The van der Waals surface area contributed by atoms with Crippen molar-refractivity contribution in [1.29, 1.82) is 0 Å². The molecule has 2 aromatic rings. The summed E-state index contributed by atoms with van der Waals surface area (Å²) in [4.78, 5) is 36.7. The first-order valence-corrected chi connectivity index (χ1v) is 11.9. The second kappa shape index (κ2) is 8.68. The molecule has 3 aliphatic rings. The van der Waals surface area contributed by atoms with Gasteiger partial charge < -0.3 is 10.0 Å². The highest BCUT2D eigenvalue weighted by molar-refractivity contribution is 7.15. The Hall–Kier alpha value is -2.29. The summed E-state index contributed by atoms with van der Waals surface area (Å²) >= 11 is 1.65. The number of aromatic carboxylic acids is 1. The molecule has 0 unspecified atom stereocenters. The van der Waals surface area contributed by atoms with Gasteiger partial charge in [-0.1, -0.05) is 18.6 Å². The van der Waals surface area contributed by atoms with Crippen LogP contribution in [-0.2, 0) is 17.8 Å². The molecule has 7 nitrogen and oxygen atoms in total. The molecule has 0 atom stereocenters. The fourth-order valence-corrected chi connectivity index (χ4v) is 5.80. The van der Waals surface area contributed by atoms with Crippen LogP contribution in [0.3, 0.4) is 0 Å². The number of rotatable bonds is 5. The average molecular weight is 441 g/mol. The molecule has 2 aliphatic heterocycles. The molecule has 2 fully saturated rings. The van der Waals surface area contributed by atoms with E-state index in [1.807, 2.05) is 17.0 Å². The first kappa shape index (κ1) is 20.6. The predicted molar refractivity (Wildman–Crippen MR) is 119 cm³/mol. The lowest BCUT2D eigenvalue weighted by Gasteiger charge is -2.43. The summed E-state index contributed by atoms with van der Waals surface area (Å²) in [5.74, 6) is -0.680. The van der Waals surface area contributed by atoms with Crippen LogP contribution in [0, 0.1) is 0 Å². The van der Waals surface area contributed by atoms with Gasteiger partial charge in [-0.3, -0.25) is 14.6 Å². The predicted octanol–water partition coefficient (Wildman–Crippen LogP) is 2.56. The number of carboxylic acid groups (broad SMARTS) is 1. The smallest absolute Gasteiger partial charge is 0.335 e. The third-order valence-corrected chi connectivity index (χ3v) is 7.94. The number of carboxylic acids is 1. The van der Waals surface area contributed by atoms with Gasteiger partial charge in [-0.2, -0.15) is 0 Å². The normalized spacial score (nSPS) is 20.3. The number of piperazine rings is 1. The number of carbonyl (C=O) groups excluding carboxylic acids is 1. The van der Waals surface area contributed by atoms with Crippen molar-refractivity contribution < 1.29 is 14.7 Å². The zero-order chi connectivity index (χ0) is 21.4. The lowest BCUT2D eigenvalue weighted by molar-refractivity contribution is -0.135. The van der Waals surface area contributed by atoms with Crippen molar-refractivity contribution >= 4 is 23.2 Å². The van der Waals surface area contributed by atoms with E-state index >= 15 is 0 Å². The van der Waals surface area contributed by atoms with Gasteiger partial charge >= 0.3 is 5.97 Å². The molecular formula is C23H28N4O3S. The molecule has 1 aromatic heterocycles. The van der Waals surface area contributed by atoms with E-state index in [9.17, 15) is 9.59 Å². The highest BCUT2D eigenvalue weighted by Crippen LogP contribution is 2.32. The van der Waals surface area contributed by atoms with Crippen molar-refractivity contribution in [3.8, 4) is 10.6 Å². The summed E-state index contributed by atoms with van der Waals surface area (Å²) in [6.45, 7) is 5.81. The Bertz CT molecular complexity index is 962. The molecule has 0 spiro atoms. The van der Waals surface area contributed by atoms with Crippen molar-refractivity contribution in [2.24, 2.45) is 0 Å². The van der Waals surface area contributed by atoms with Crippen molar-refractivity contribution in [2.75, 3.05) is 39.3 Å². The van der Waals surface area contributed by atoms with Gasteiger partial charge in [0.25, 0.3) is 0 Å². The quantitative estimate of drug-likeness (QED) is 0.770. The van der Waals surface area contributed by atoms with E-state index in [1.54, 1.807) is 23.5 Å². The van der Waals surface area contributed by atoms with Crippen molar-refractivity contribution in [1.82, 2.24) is 19.7 Å². The number of thiazole rings is 1. The first-order valence-electron chi connectivity index (χ1n) is 11.1. The van der Waals surface area contributed by atoms with Gasteiger partial charge in [0.15, 0.2) is 0 Å². The molecule has 1 saturated heterocycles. The van der Waals surface area contributed by atoms with E-state index in [4.69, 9.17) is 10.1 Å². The van der Waals surface area contributed by atoms with E-state index in [2.05, 4.69) is 9.80 Å². The molecule has 1 amide bonds. The van der Waals surface area contributed by atoms with E-state index in [0.717, 1.165) is 68.0 Å². The third kappa shape index (κ3) is 4.37. The first-order chi connectivity index (χ1) is 15.1. The summed E-state index contributed by atoms with van der Waals surface area (Å²) in [7, 11) is 0. The van der Waals surface area contributed by atoms with Crippen LogP contribution in [0.2, 0.25) is 0 Å². The number of carbonyl (C=O) groups is 2. The second-order valence-corrected chi connectivity index (χ2v) is 9.82. The summed E-state index contributed by atoms with van der Waals surface area (Å²) in [6.07, 6.45) is 4.85. The molecule has 0 bridgehead atoms. The van der Waals surface area contributed by atoms with Gasteiger partial charge in [0.1, 0.15) is 5.01 Å². The molecule has 31 heavy (non-hydrogen) atoms. The van der Waals surface area contributed by atoms with Crippen molar-refractivity contribution in [2.45, 2.75) is 38.3 Å². The lowest BCUT2D eigenvalue weighted by atomic mass is 9.91. The van der Waals surface area contributed by atoms with Gasteiger partial charge in [0, 0.05) is 62.2 Å². The fraction of sp³-hybridized carbons (Fsp3) is 0.522. The molecule has 5 rings (SSSR count). The Balaban J connectivity index is 1.17. The van der Waals surface area contributed by atoms with E-state index in [-0.39, 0.29) is 11.5 Å². The maximum atomic E-state index is 12.9. The van der Waals surface area contributed by atoms with E-state index in [0.29, 0.717) is 6.54 Å². The van der Waals surface area contributed by atoms with Crippen LogP contribution in [-0.4, -0.2) is 82.0 Å². The molecule has 1 aromatic carbocycles. The Kier molecular flexibility index (Phi) is 5.77. The maximum absolute atomic E-state index is 12.9. The summed E-state index contributed by atoms with van der Waals surface area (Å²) < 4.78 is 0. The standard InChI is InChI=1S/C23H28N4O3S/c28-21(27-12-10-26(11-13-27)18-2-1-3-18)15-25-9-8-19-20(14-25)31-22(24-19)16-4-6-17(7-5-16)23(29)30/h4-7,18H,1-3,8-15H2,(H,29,30). The van der Waals surface area contributed by atoms with Gasteiger partial charge in [-0.25, -0.2) is 9.78 Å². The van der Waals surface area contributed by atoms with Gasteiger partial charge in [-0.05, 0) is 25.0 Å². The van der Waals surface area contributed by atoms with Crippen LogP contribution in [0.4, 0.5) is 0 Å². The number of fused-ring (bicyclic) bond motifs is 1. The van der Waals surface area contributed by atoms with Crippen LogP contribution >= 0.6 is 11.3 Å².